The highest BCUT2D eigenvalue weighted by Crippen LogP contribution is 2.26. The maximum absolute atomic E-state index is 12.5. The molecule has 0 unspecified atom stereocenters. The second kappa shape index (κ2) is 5.88. The molecule has 1 amide bonds. The van der Waals surface area contributed by atoms with Crippen LogP contribution in [0.25, 0.3) is 0 Å². The van der Waals surface area contributed by atoms with Crippen LogP contribution in [0.15, 0.2) is 41.9 Å². The van der Waals surface area contributed by atoms with Gasteiger partial charge in [-0.1, -0.05) is 12.1 Å². The van der Waals surface area contributed by atoms with Crippen molar-refractivity contribution in [2.75, 3.05) is 17.2 Å². The molecule has 0 atom stereocenters. The molecule has 2 aromatic rings. The molecule has 0 spiro atoms. The van der Waals surface area contributed by atoms with Crippen LogP contribution in [0.3, 0.4) is 0 Å². The Kier molecular flexibility index (Phi) is 3.78. The standard InChI is InChI=1S/C15H17N5O2/c1-3-22-13-7-5-4-6-12(13)19-14(21)11-8-20-15(16-9-17-20)18-10(11)2/h4-7,9H,3,8H2,1-2H3,(H,19,21)(H,16,17,18). The Hall–Kier alpha value is -2.83. The average Bonchev–Trinajstić information content (AvgIpc) is 2.95. The lowest BCUT2D eigenvalue weighted by molar-refractivity contribution is -0.113. The Labute approximate surface area is 128 Å². The van der Waals surface area contributed by atoms with Crippen molar-refractivity contribution >= 4 is 17.5 Å². The summed E-state index contributed by atoms with van der Waals surface area (Å²) in [5, 5.41) is 10.1. The second-order valence-corrected chi connectivity index (χ2v) is 4.85. The molecule has 1 aromatic carbocycles. The van der Waals surface area contributed by atoms with Crippen LogP contribution in [0, 0.1) is 0 Å². The van der Waals surface area contributed by atoms with Crippen LogP contribution in [0.5, 0.6) is 5.75 Å². The first-order valence-corrected chi connectivity index (χ1v) is 7.06. The molecule has 0 aliphatic carbocycles. The molecule has 0 saturated heterocycles. The Morgan fingerprint density at radius 1 is 1.45 bits per heavy atom. The molecule has 2 heterocycles. The Morgan fingerprint density at radius 2 is 2.27 bits per heavy atom. The van der Waals surface area contributed by atoms with Gasteiger partial charge in [0, 0.05) is 5.70 Å². The van der Waals surface area contributed by atoms with E-state index < -0.39 is 0 Å². The Morgan fingerprint density at radius 3 is 3.09 bits per heavy atom. The molecule has 7 nitrogen and oxygen atoms in total. The molecule has 22 heavy (non-hydrogen) atoms. The number of carbonyl (C=O) groups is 1. The number of anilines is 2. The van der Waals surface area contributed by atoms with Crippen LogP contribution in [0.1, 0.15) is 13.8 Å². The van der Waals surface area contributed by atoms with E-state index in [0.717, 1.165) is 5.70 Å². The number of carbonyl (C=O) groups excluding carboxylic acids is 1. The minimum atomic E-state index is -0.182. The number of hydrogen-bond acceptors (Lipinski definition) is 5. The third-order valence-corrected chi connectivity index (χ3v) is 3.38. The number of nitrogens with zero attached hydrogens (tertiary/aromatic N) is 3. The predicted molar refractivity (Wildman–Crippen MR) is 82.6 cm³/mol. The summed E-state index contributed by atoms with van der Waals surface area (Å²) in [6.45, 7) is 4.68. The van der Waals surface area contributed by atoms with Gasteiger partial charge in [0.05, 0.1) is 24.4 Å². The number of rotatable bonds is 4. The molecule has 114 valence electrons. The summed E-state index contributed by atoms with van der Waals surface area (Å²) in [6, 6.07) is 7.37. The highest BCUT2D eigenvalue weighted by Gasteiger charge is 2.22. The number of hydrogen-bond donors (Lipinski definition) is 2. The lowest BCUT2D eigenvalue weighted by Gasteiger charge is -2.20. The first-order valence-electron chi connectivity index (χ1n) is 7.06. The lowest BCUT2D eigenvalue weighted by atomic mass is 10.1. The van der Waals surface area contributed by atoms with Gasteiger partial charge in [0.2, 0.25) is 5.95 Å². The summed E-state index contributed by atoms with van der Waals surface area (Å²) < 4.78 is 7.17. The number of allylic oxidation sites excluding steroid dienone is 1. The van der Waals surface area contributed by atoms with Crippen molar-refractivity contribution in [2.24, 2.45) is 0 Å². The average molecular weight is 299 g/mol. The highest BCUT2D eigenvalue weighted by molar-refractivity contribution is 6.05. The Balaban J connectivity index is 1.80. The molecule has 0 saturated carbocycles. The lowest BCUT2D eigenvalue weighted by Crippen LogP contribution is -2.26. The topological polar surface area (TPSA) is 81.1 Å². The number of aromatic nitrogens is 3. The van der Waals surface area contributed by atoms with Crippen LogP contribution in [-0.2, 0) is 11.3 Å². The van der Waals surface area contributed by atoms with Gasteiger partial charge in [-0.2, -0.15) is 10.1 Å². The van der Waals surface area contributed by atoms with Crippen molar-refractivity contribution in [2.45, 2.75) is 20.4 Å². The normalized spacial score (nSPS) is 13.4. The van der Waals surface area contributed by atoms with Crippen molar-refractivity contribution in [3.05, 3.63) is 41.9 Å². The molecule has 1 aliphatic rings. The molecule has 2 N–H and O–H groups in total. The zero-order chi connectivity index (χ0) is 15.5. The fourth-order valence-electron chi connectivity index (χ4n) is 2.28. The zero-order valence-corrected chi connectivity index (χ0v) is 12.5. The van der Waals surface area contributed by atoms with Gasteiger partial charge in [0.25, 0.3) is 5.91 Å². The largest absolute Gasteiger partial charge is 0.492 e. The van der Waals surface area contributed by atoms with Gasteiger partial charge in [-0.25, -0.2) is 4.68 Å². The molecule has 1 aliphatic heterocycles. The zero-order valence-electron chi connectivity index (χ0n) is 12.5. The fourth-order valence-corrected chi connectivity index (χ4v) is 2.28. The number of amides is 1. The van der Waals surface area contributed by atoms with Crippen LogP contribution in [-0.4, -0.2) is 27.3 Å². The maximum atomic E-state index is 12.5. The molecule has 7 heteroatoms. The van der Waals surface area contributed by atoms with E-state index in [1.54, 1.807) is 4.68 Å². The van der Waals surface area contributed by atoms with Crippen LogP contribution in [0.4, 0.5) is 11.6 Å². The van der Waals surface area contributed by atoms with Gasteiger partial charge >= 0.3 is 0 Å². The van der Waals surface area contributed by atoms with Crippen molar-refractivity contribution in [3.8, 4) is 5.75 Å². The minimum Gasteiger partial charge on any atom is -0.492 e. The van der Waals surface area contributed by atoms with Crippen LogP contribution in [0.2, 0.25) is 0 Å². The summed E-state index contributed by atoms with van der Waals surface area (Å²) in [5.41, 5.74) is 2.04. The third kappa shape index (κ3) is 2.65. The van der Waals surface area contributed by atoms with Gasteiger partial charge in [-0.3, -0.25) is 4.79 Å². The van der Waals surface area contributed by atoms with Gasteiger partial charge in [-0.15, -0.1) is 0 Å². The quantitative estimate of drug-likeness (QED) is 0.902. The Bertz CT molecular complexity index is 735. The van der Waals surface area contributed by atoms with E-state index in [1.165, 1.54) is 6.33 Å². The summed E-state index contributed by atoms with van der Waals surface area (Å²) in [4.78, 5) is 16.6. The van der Waals surface area contributed by atoms with E-state index in [2.05, 4.69) is 20.7 Å². The van der Waals surface area contributed by atoms with Crippen molar-refractivity contribution in [3.63, 3.8) is 0 Å². The molecule has 1 aromatic heterocycles. The summed E-state index contributed by atoms with van der Waals surface area (Å²) in [6.07, 6.45) is 1.46. The van der Waals surface area contributed by atoms with Crippen LogP contribution >= 0.6 is 0 Å². The first-order chi connectivity index (χ1) is 10.7. The smallest absolute Gasteiger partial charge is 0.255 e. The molecule has 0 radical (unpaired) electrons. The van der Waals surface area contributed by atoms with E-state index in [9.17, 15) is 4.79 Å². The molecular formula is C15H17N5O2. The molecule has 3 rings (SSSR count). The van der Waals surface area contributed by atoms with Crippen LogP contribution < -0.4 is 15.4 Å². The number of ether oxygens (including phenoxy) is 1. The minimum absolute atomic E-state index is 0.182. The van der Waals surface area contributed by atoms with Crippen molar-refractivity contribution < 1.29 is 9.53 Å². The van der Waals surface area contributed by atoms with Gasteiger partial charge in [-0.05, 0) is 26.0 Å². The molecule has 0 fully saturated rings. The van der Waals surface area contributed by atoms with E-state index in [4.69, 9.17) is 4.74 Å². The monoisotopic (exact) mass is 299 g/mol. The fraction of sp³-hybridized carbons (Fsp3) is 0.267. The van der Waals surface area contributed by atoms with E-state index in [0.29, 0.717) is 36.1 Å². The van der Waals surface area contributed by atoms with E-state index in [-0.39, 0.29) is 5.91 Å². The van der Waals surface area contributed by atoms with E-state index in [1.807, 2.05) is 38.1 Å². The van der Waals surface area contributed by atoms with Gasteiger partial charge < -0.3 is 15.4 Å². The van der Waals surface area contributed by atoms with Crippen molar-refractivity contribution in [1.29, 1.82) is 0 Å². The number of benzene rings is 1. The highest BCUT2D eigenvalue weighted by atomic mass is 16.5. The second-order valence-electron chi connectivity index (χ2n) is 4.85. The summed E-state index contributed by atoms with van der Waals surface area (Å²) >= 11 is 0. The first kappa shape index (κ1) is 14.1. The number of nitrogens with one attached hydrogen (secondary N) is 2. The van der Waals surface area contributed by atoms with Gasteiger partial charge in [0.1, 0.15) is 12.1 Å². The number of para-hydroxylation sites is 2. The van der Waals surface area contributed by atoms with Gasteiger partial charge in [0.15, 0.2) is 0 Å². The third-order valence-electron chi connectivity index (χ3n) is 3.38. The summed E-state index contributed by atoms with van der Waals surface area (Å²) in [7, 11) is 0. The van der Waals surface area contributed by atoms with E-state index >= 15 is 0 Å². The molecular weight excluding hydrogens is 282 g/mol. The molecule has 0 bridgehead atoms. The maximum Gasteiger partial charge on any atom is 0.255 e. The van der Waals surface area contributed by atoms with Crippen molar-refractivity contribution in [1.82, 2.24) is 14.8 Å². The summed E-state index contributed by atoms with van der Waals surface area (Å²) in [5.74, 6) is 1.11. The number of fused-ring (bicyclic) bond motifs is 1. The predicted octanol–water partition coefficient (Wildman–Crippen LogP) is 2.01. The SMILES string of the molecule is CCOc1ccccc1NC(=O)C1=C(C)Nc2ncnn2C1.